The summed E-state index contributed by atoms with van der Waals surface area (Å²) in [5, 5.41) is 10.2. The Bertz CT molecular complexity index is 616. The second kappa shape index (κ2) is 7.38. The Balaban J connectivity index is 0.000000351. The summed E-state index contributed by atoms with van der Waals surface area (Å²) in [7, 11) is 1.53. The van der Waals surface area contributed by atoms with Crippen molar-refractivity contribution in [3.8, 4) is 6.01 Å². The molecule has 0 amide bonds. The number of carbonyl (C=O) groups is 1. The number of fused-ring (bicyclic) bond motifs is 1. The number of nitrogens with zero attached hydrogens (tertiary/aromatic N) is 2. The number of amidine groups is 1. The number of halogens is 3. The number of nitrogens with two attached hydrogens (primary N) is 2. The second-order valence-corrected chi connectivity index (χ2v) is 4.92. The Labute approximate surface area is 135 Å². The van der Waals surface area contributed by atoms with Crippen molar-refractivity contribution < 1.29 is 27.8 Å². The third kappa shape index (κ3) is 5.01. The average Bonchev–Trinajstić information content (AvgIpc) is 2.88. The Hall–Kier alpha value is -2.50. The van der Waals surface area contributed by atoms with Crippen molar-refractivity contribution >= 4 is 17.6 Å². The predicted octanol–water partition coefficient (Wildman–Crippen LogP) is 0.985. The van der Waals surface area contributed by atoms with Gasteiger partial charge in [-0.3, -0.25) is 5.73 Å². The highest BCUT2D eigenvalue weighted by Gasteiger charge is 2.38. The number of rotatable bonds is 4. The van der Waals surface area contributed by atoms with Crippen molar-refractivity contribution in [1.29, 1.82) is 0 Å². The van der Waals surface area contributed by atoms with E-state index >= 15 is 0 Å². The van der Waals surface area contributed by atoms with Gasteiger partial charge in [0.05, 0.1) is 7.11 Å². The van der Waals surface area contributed by atoms with Gasteiger partial charge in [-0.25, -0.2) is 9.79 Å². The predicted molar refractivity (Wildman–Crippen MR) is 79.6 cm³/mol. The number of aromatic nitrogens is 2. The largest absolute Gasteiger partial charge is 0.490 e. The summed E-state index contributed by atoms with van der Waals surface area (Å²) in [6.07, 6.45) is -2.36. The van der Waals surface area contributed by atoms with E-state index in [1.54, 1.807) is 0 Å². The fourth-order valence-corrected chi connectivity index (χ4v) is 1.79. The van der Waals surface area contributed by atoms with Gasteiger partial charge in [0.25, 0.3) is 6.01 Å². The van der Waals surface area contributed by atoms with E-state index in [0.29, 0.717) is 29.8 Å². The number of imidazole rings is 1. The molecule has 0 aliphatic carbocycles. The van der Waals surface area contributed by atoms with Crippen LogP contribution in [0.25, 0.3) is 0 Å². The van der Waals surface area contributed by atoms with Gasteiger partial charge in [0, 0.05) is 6.42 Å². The molecule has 12 heteroatoms. The van der Waals surface area contributed by atoms with Gasteiger partial charge in [-0.2, -0.15) is 18.2 Å². The van der Waals surface area contributed by atoms with Crippen LogP contribution in [0.5, 0.6) is 6.01 Å². The number of alkyl halides is 3. The number of methoxy groups -OCH3 is 1. The topological polar surface area (TPSA) is 152 Å². The number of anilines is 1. The Morgan fingerprint density at radius 3 is 2.50 bits per heavy atom. The van der Waals surface area contributed by atoms with Gasteiger partial charge in [0.2, 0.25) is 0 Å². The van der Waals surface area contributed by atoms with Gasteiger partial charge in [-0.15, -0.1) is 0 Å². The molecule has 0 aromatic carbocycles. The molecule has 0 saturated carbocycles. The second-order valence-electron chi connectivity index (χ2n) is 4.92. The molecule has 7 N–H and O–H groups in total. The van der Waals surface area contributed by atoms with Gasteiger partial charge in [0.1, 0.15) is 11.5 Å². The molecule has 1 atom stereocenters. The zero-order valence-electron chi connectivity index (χ0n) is 13.1. The van der Waals surface area contributed by atoms with Crippen molar-refractivity contribution in [1.82, 2.24) is 9.97 Å². The summed E-state index contributed by atoms with van der Waals surface area (Å²) >= 11 is 0. The number of aromatic amines is 1. The van der Waals surface area contributed by atoms with Crippen LogP contribution in [0.15, 0.2) is 4.99 Å². The summed E-state index contributed by atoms with van der Waals surface area (Å²) in [4.78, 5) is 20.3. The third-order valence-electron chi connectivity index (χ3n) is 2.94. The maximum Gasteiger partial charge on any atom is 0.490 e. The van der Waals surface area contributed by atoms with Gasteiger partial charge in [-0.05, 0) is 6.42 Å². The highest BCUT2D eigenvalue weighted by atomic mass is 19.4. The zero-order valence-corrected chi connectivity index (χ0v) is 13.1. The maximum absolute atomic E-state index is 10.6. The van der Waals surface area contributed by atoms with Crippen molar-refractivity contribution in [2.45, 2.75) is 38.1 Å². The number of carboxylic acids is 1. The van der Waals surface area contributed by atoms with Crippen LogP contribution in [0.1, 0.15) is 31.9 Å². The smallest absolute Gasteiger partial charge is 0.475 e. The summed E-state index contributed by atoms with van der Waals surface area (Å²) in [5.41, 5.74) is 12.6. The number of aliphatic carboxylic acids is 1. The summed E-state index contributed by atoms with van der Waals surface area (Å²) < 4.78 is 36.7. The highest BCUT2D eigenvalue weighted by Crippen LogP contribution is 2.26. The first-order valence-corrected chi connectivity index (χ1v) is 6.89. The molecule has 2 rings (SSSR count). The molecule has 0 saturated heterocycles. The standard InChI is InChI=1S/C10H18N6O.C2HF3O2/c1-3-4-5-10(12)15-7(11)6-8(16-10)14-9(13-6)17-2;3-2(4,5)1(6)7/h16H,3-5,12H2,1-2H3,(H2,11,15)(H,13,14);(H,6,7). The van der Waals surface area contributed by atoms with E-state index in [-0.39, 0.29) is 0 Å². The Kier molecular flexibility index (Phi) is 6.01. The SMILES string of the molecule is CCCCC1(N)N=C(N)c2[nH]c(OC)nc2N1.O=C(O)C(F)(F)F. The minimum absolute atomic E-state index is 0.355. The van der Waals surface area contributed by atoms with Crippen molar-refractivity contribution in [2.75, 3.05) is 12.4 Å². The summed E-state index contributed by atoms with van der Waals surface area (Å²) in [6.45, 7) is 2.10. The van der Waals surface area contributed by atoms with E-state index in [1.165, 1.54) is 7.11 Å². The van der Waals surface area contributed by atoms with Gasteiger partial charge >= 0.3 is 12.1 Å². The van der Waals surface area contributed by atoms with Crippen LogP contribution in [0.3, 0.4) is 0 Å². The Morgan fingerprint density at radius 1 is 1.46 bits per heavy atom. The lowest BCUT2D eigenvalue weighted by Gasteiger charge is -2.30. The van der Waals surface area contributed by atoms with Crippen LogP contribution in [-0.2, 0) is 4.79 Å². The van der Waals surface area contributed by atoms with Crippen molar-refractivity contribution in [2.24, 2.45) is 16.5 Å². The fourth-order valence-electron chi connectivity index (χ4n) is 1.79. The molecule has 136 valence electrons. The van der Waals surface area contributed by atoms with Gasteiger partial charge in [-0.1, -0.05) is 13.3 Å². The molecule has 1 aliphatic rings. The number of aliphatic imine (C=N–C) groups is 1. The lowest BCUT2D eigenvalue weighted by Crippen LogP contribution is -2.50. The van der Waals surface area contributed by atoms with Crippen LogP contribution in [0, 0.1) is 0 Å². The molecule has 0 radical (unpaired) electrons. The molecule has 1 unspecified atom stereocenters. The van der Waals surface area contributed by atoms with Crippen LogP contribution >= 0.6 is 0 Å². The molecule has 0 fully saturated rings. The number of hydrogen-bond donors (Lipinski definition) is 5. The van der Waals surface area contributed by atoms with Crippen LogP contribution < -0.4 is 21.5 Å². The Morgan fingerprint density at radius 2 is 2.04 bits per heavy atom. The number of unbranched alkanes of at least 4 members (excludes halogenated alkanes) is 1. The third-order valence-corrected chi connectivity index (χ3v) is 2.94. The molecule has 1 aromatic rings. The summed E-state index contributed by atoms with van der Waals surface area (Å²) in [5.74, 6) is -2.68. The number of carboxylic acid groups (broad SMARTS) is 1. The van der Waals surface area contributed by atoms with E-state index in [9.17, 15) is 13.2 Å². The van der Waals surface area contributed by atoms with Crippen molar-refractivity contribution in [3.63, 3.8) is 0 Å². The first-order chi connectivity index (χ1) is 11.0. The van der Waals surface area contributed by atoms with Crippen molar-refractivity contribution in [3.05, 3.63) is 5.69 Å². The average molecular weight is 352 g/mol. The number of hydrogen-bond acceptors (Lipinski definition) is 7. The fraction of sp³-hybridized carbons (Fsp3) is 0.583. The molecule has 1 aliphatic heterocycles. The molecule has 9 nitrogen and oxygen atoms in total. The lowest BCUT2D eigenvalue weighted by molar-refractivity contribution is -0.192. The van der Waals surface area contributed by atoms with E-state index in [2.05, 4.69) is 27.2 Å². The van der Waals surface area contributed by atoms with E-state index in [1.807, 2.05) is 0 Å². The van der Waals surface area contributed by atoms with E-state index < -0.39 is 17.9 Å². The molecule has 0 spiro atoms. The highest BCUT2D eigenvalue weighted by molar-refractivity contribution is 6.01. The first kappa shape index (κ1) is 19.5. The minimum atomic E-state index is -5.08. The van der Waals surface area contributed by atoms with Gasteiger partial charge < -0.3 is 25.9 Å². The molecule has 2 heterocycles. The molecular formula is C12H19F3N6O3. The molecule has 24 heavy (non-hydrogen) atoms. The molecule has 0 bridgehead atoms. The quantitative estimate of drug-likeness (QED) is 0.542. The number of H-pyrrole nitrogens is 1. The monoisotopic (exact) mass is 352 g/mol. The zero-order chi connectivity index (χ0) is 18.5. The van der Waals surface area contributed by atoms with Gasteiger partial charge in [0.15, 0.2) is 11.6 Å². The van der Waals surface area contributed by atoms with Crippen LogP contribution in [-0.4, -0.2) is 46.0 Å². The molecule has 1 aromatic heterocycles. The number of nitrogens with one attached hydrogen (secondary N) is 2. The molecular weight excluding hydrogens is 333 g/mol. The van der Waals surface area contributed by atoms with E-state index in [4.69, 9.17) is 26.1 Å². The lowest BCUT2D eigenvalue weighted by atomic mass is 10.1. The maximum atomic E-state index is 10.6. The normalized spacial score (nSPS) is 19.3. The minimum Gasteiger partial charge on any atom is -0.475 e. The summed E-state index contributed by atoms with van der Waals surface area (Å²) in [6, 6.07) is 0.389. The van der Waals surface area contributed by atoms with E-state index in [0.717, 1.165) is 12.8 Å². The van der Waals surface area contributed by atoms with Crippen LogP contribution in [0.2, 0.25) is 0 Å². The van der Waals surface area contributed by atoms with Crippen LogP contribution in [0.4, 0.5) is 19.0 Å². The number of ether oxygens (including phenoxy) is 1. The first-order valence-electron chi connectivity index (χ1n) is 6.89.